The second-order valence-corrected chi connectivity index (χ2v) is 9.33. The third-order valence-corrected chi connectivity index (χ3v) is 7.13. The minimum absolute atomic E-state index is 0.116. The van der Waals surface area contributed by atoms with Crippen LogP contribution in [0.2, 0.25) is 0 Å². The molecule has 3 aliphatic rings. The van der Waals surface area contributed by atoms with Gasteiger partial charge in [-0.05, 0) is 59.1 Å². The van der Waals surface area contributed by atoms with E-state index in [-0.39, 0.29) is 17.3 Å². The Morgan fingerprint density at radius 1 is 1.06 bits per heavy atom. The molecule has 1 spiro atoms. The van der Waals surface area contributed by atoms with Crippen LogP contribution in [-0.4, -0.2) is 21.2 Å². The van der Waals surface area contributed by atoms with Crippen LogP contribution in [0.5, 0.6) is 0 Å². The van der Waals surface area contributed by atoms with Crippen molar-refractivity contribution in [1.29, 1.82) is 5.26 Å². The van der Waals surface area contributed by atoms with Crippen molar-refractivity contribution < 1.29 is 9.59 Å². The fraction of sp³-hybridized carbons (Fsp3) is 0.154. The Bertz CT molecular complexity index is 1460. The van der Waals surface area contributed by atoms with Gasteiger partial charge >= 0.3 is 0 Å². The molecule has 1 atom stereocenters. The maximum Gasteiger partial charge on any atom is 0.245 e. The van der Waals surface area contributed by atoms with Crippen LogP contribution in [0.4, 0.5) is 11.5 Å². The van der Waals surface area contributed by atoms with Crippen molar-refractivity contribution in [3.8, 4) is 6.07 Å². The number of hydrogen-bond donors (Lipinski definition) is 1. The van der Waals surface area contributed by atoms with Crippen LogP contribution in [0.1, 0.15) is 24.8 Å². The van der Waals surface area contributed by atoms with Gasteiger partial charge in [0.2, 0.25) is 5.91 Å². The molecule has 2 aromatic heterocycles. The summed E-state index contributed by atoms with van der Waals surface area (Å²) in [6.07, 6.45) is 6.92. The highest BCUT2D eigenvalue weighted by Gasteiger charge is 2.60. The lowest BCUT2D eigenvalue weighted by atomic mass is 9.64. The van der Waals surface area contributed by atoms with Gasteiger partial charge in [0.05, 0.1) is 5.57 Å². The second-order valence-electron chi connectivity index (χ2n) is 8.42. The Kier molecular flexibility index (Phi) is 4.57. The molecule has 1 aromatic carbocycles. The van der Waals surface area contributed by atoms with Gasteiger partial charge in [-0.2, -0.15) is 5.26 Å². The number of anilines is 2. The van der Waals surface area contributed by atoms with E-state index in [4.69, 9.17) is 0 Å². The molecule has 34 heavy (non-hydrogen) atoms. The molecule has 8 heteroatoms. The number of hydrogen-bond acceptors (Lipinski definition) is 5. The number of ketones is 1. The number of benzene rings is 1. The Labute approximate surface area is 204 Å². The van der Waals surface area contributed by atoms with Gasteiger partial charge in [-0.1, -0.05) is 18.2 Å². The number of halogens is 1. The average Bonchev–Trinajstić information content (AvgIpc) is 3.47. The van der Waals surface area contributed by atoms with Gasteiger partial charge in [0.1, 0.15) is 23.1 Å². The van der Waals surface area contributed by atoms with E-state index < -0.39 is 5.41 Å². The summed E-state index contributed by atoms with van der Waals surface area (Å²) in [5.41, 5.74) is 1.02. The summed E-state index contributed by atoms with van der Waals surface area (Å²) in [5.74, 6) is 0.585. The number of nitrogens with one attached hydrogen (secondary N) is 1. The fourth-order valence-electron chi connectivity index (χ4n) is 5.36. The van der Waals surface area contributed by atoms with Gasteiger partial charge in [0.25, 0.3) is 0 Å². The maximum absolute atomic E-state index is 13.8. The van der Waals surface area contributed by atoms with Crippen molar-refractivity contribution in [1.82, 2.24) is 9.55 Å². The Morgan fingerprint density at radius 3 is 2.59 bits per heavy atom. The molecule has 0 radical (unpaired) electrons. The normalized spacial score (nSPS) is 21.5. The molecular weight excluding hydrogens is 494 g/mol. The summed E-state index contributed by atoms with van der Waals surface area (Å²) < 4.78 is 2.64. The molecule has 1 aliphatic carbocycles. The molecule has 166 valence electrons. The van der Waals surface area contributed by atoms with Gasteiger partial charge in [-0.3, -0.25) is 14.5 Å². The van der Waals surface area contributed by atoms with Crippen LogP contribution in [0.15, 0.2) is 88.4 Å². The molecule has 2 aliphatic heterocycles. The highest BCUT2D eigenvalue weighted by molar-refractivity contribution is 9.10. The van der Waals surface area contributed by atoms with Crippen LogP contribution in [0.25, 0.3) is 5.82 Å². The molecule has 0 saturated heterocycles. The van der Waals surface area contributed by atoms with Crippen molar-refractivity contribution in [2.45, 2.75) is 24.7 Å². The number of fused-ring (bicyclic) bond motifs is 3. The average molecular weight is 512 g/mol. The highest BCUT2D eigenvalue weighted by Crippen LogP contribution is 2.56. The number of para-hydroxylation sites is 1. The number of nitriles is 1. The summed E-state index contributed by atoms with van der Waals surface area (Å²) in [6.45, 7) is 0. The van der Waals surface area contributed by atoms with Crippen molar-refractivity contribution in [3.63, 3.8) is 0 Å². The van der Waals surface area contributed by atoms with E-state index in [0.29, 0.717) is 53.4 Å². The molecular formula is C26H18BrN5O2. The van der Waals surface area contributed by atoms with Crippen molar-refractivity contribution >= 4 is 44.9 Å². The predicted molar refractivity (Wildman–Crippen MR) is 130 cm³/mol. The largest absolute Gasteiger partial charge is 0.324 e. The van der Waals surface area contributed by atoms with Crippen LogP contribution < -0.4 is 10.2 Å². The third kappa shape index (κ3) is 2.65. The standard InChI is InChI=1S/C26H18BrN5O2/c27-16-10-11-22(29-15-16)32-20-8-5-9-21(33)23(20)26(17-6-1-2-7-19(17)30-25(26)34)18(14-28)24(32)31-12-3-4-13-31/h1-4,6-7,10-13,15H,5,8-9H2,(H,30,34)/t26-/m0/s1. The monoisotopic (exact) mass is 511 g/mol. The van der Waals surface area contributed by atoms with Gasteiger partial charge < -0.3 is 9.88 Å². The first-order valence-electron chi connectivity index (χ1n) is 10.9. The fourth-order valence-corrected chi connectivity index (χ4v) is 5.60. The SMILES string of the molecule is N#CC1=C(n2cccc2)N(c2ccc(Br)cn2)C2=C(C(=O)CCC2)[C@@]12C(=O)Nc1ccccc12. The third-order valence-electron chi connectivity index (χ3n) is 6.66. The van der Waals surface area contributed by atoms with Crippen molar-refractivity contribution in [2.75, 3.05) is 10.2 Å². The number of nitrogens with zero attached hydrogens (tertiary/aromatic N) is 4. The van der Waals surface area contributed by atoms with Gasteiger partial charge in [-0.15, -0.1) is 0 Å². The van der Waals surface area contributed by atoms with E-state index >= 15 is 0 Å². The zero-order valence-corrected chi connectivity index (χ0v) is 19.5. The summed E-state index contributed by atoms with van der Waals surface area (Å²) in [7, 11) is 0. The van der Waals surface area contributed by atoms with Crippen LogP contribution in [0, 0.1) is 11.3 Å². The minimum Gasteiger partial charge on any atom is -0.324 e. The van der Waals surface area contributed by atoms with Crippen molar-refractivity contribution in [2.24, 2.45) is 0 Å². The number of aromatic nitrogens is 2. The van der Waals surface area contributed by atoms with E-state index in [1.165, 1.54) is 0 Å². The highest BCUT2D eigenvalue weighted by atomic mass is 79.9. The van der Waals surface area contributed by atoms with Crippen LogP contribution >= 0.6 is 15.9 Å². The van der Waals surface area contributed by atoms with Gasteiger partial charge in [0.15, 0.2) is 5.78 Å². The number of carbonyl (C=O) groups excluding carboxylic acids is 2. The molecule has 0 saturated carbocycles. The molecule has 7 nitrogen and oxygen atoms in total. The summed E-state index contributed by atoms with van der Waals surface area (Å²) >= 11 is 3.43. The molecule has 0 unspecified atom stereocenters. The molecule has 0 bridgehead atoms. The lowest BCUT2D eigenvalue weighted by molar-refractivity contribution is -0.122. The predicted octanol–water partition coefficient (Wildman–Crippen LogP) is 4.76. The lowest BCUT2D eigenvalue weighted by Gasteiger charge is -2.44. The van der Waals surface area contributed by atoms with E-state index in [1.807, 2.05) is 70.4 Å². The molecule has 3 aromatic rings. The first kappa shape index (κ1) is 20.6. The van der Waals surface area contributed by atoms with E-state index in [0.717, 1.165) is 4.47 Å². The first-order valence-corrected chi connectivity index (χ1v) is 11.7. The Morgan fingerprint density at radius 2 is 1.85 bits per heavy atom. The van der Waals surface area contributed by atoms with Crippen molar-refractivity contribution in [3.05, 3.63) is 94.0 Å². The van der Waals surface area contributed by atoms with E-state index in [9.17, 15) is 14.9 Å². The van der Waals surface area contributed by atoms with E-state index in [1.54, 1.807) is 6.20 Å². The number of allylic oxidation sites excluding steroid dienone is 1. The first-order chi connectivity index (χ1) is 16.6. The molecule has 1 N–H and O–H groups in total. The Balaban J connectivity index is 1.78. The maximum atomic E-state index is 13.8. The van der Waals surface area contributed by atoms with Gasteiger partial charge in [0, 0.05) is 52.0 Å². The molecule has 4 heterocycles. The number of Topliss-reactive ketones (excluding diaryl/α,β-unsaturated/α-hetero) is 1. The summed E-state index contributed by atoms with van der Waals surface area (Å²) in [5, 5.41) is 13.6. The number of amides is 1. The topological polar surface area (TPSA) is 91.0 Å². The van der Waals surface area contributed by atoms with Crippen LogP contribution in [0.3, 0.4) is 0 Å². The quantitative estimate of drug-likeness (QED) is 0.535. The zero-order valence-electron chi connectivity index (χ0n) is 18.0. The number of pyridine rings is 1. The summed E-state index contributed by atoms with van der Waals surface area (Å²) in [6, 6.07) is 17.1. The van der Waals surface area contributed by atoms with E-state index in [2.05, 4.69) is 32.3 Å². The minimum atomic E-state index is -1.51. The molecule has 0 fully saturated rings. The number of rotatable bonds is 2. The second kappa shape index (κ2) is 7.54. The van der Waals surface area contributed by atoms with Gasteiger partial charge in [-0.25, -0.2) is 4.98 Å². The van der Waals surface area contributed by atoms with Crippen LogP contribution in [-0.2, 0) is 15.0 Å². The lowest BCUT2D eigenvalue weighted by Crippen LogP contribution is -2.49. The smallest absolute Gasteiger partial charge is 0.245 e. The molecule has 6 rings (SSSR count). The number of carbonyl (C=O) groups is 2. The zero-order chi connectivity index (χ0) is 23.4. The molecule has 1 amide bonds. The summed E-state index contributed by atoms with van der Waals surface area (Å²) in [4.78, 5) is 33.9. The Hall–Kier alpha value is -3.96.